The average Bonchev–Trinajstić information content (AvgIpc) is 2.69. The minimum Gasteiger partial charge on any atom is -0.363 e. The molecule has 0 radical (unpaired) electrons. The van der Waals surface area contributed by atoms with Crippen molar-refractivity contribution in [2.45, 2.75) is 38.6 Å². The van der Waals surface area contributed by atoms with E-state index >= 15 is 0 Å². The molecule has 0 atom stereocenters. The van der Waals surface area contributed by atoms with Crippen LogP contribution in [0.4, 0.5) is 5.82 Å². The second kappa shape index (κ2) is 10.4. The summed E-state index contributed by atoms with van der Waals surface area (Å²) in [4.78, 5) is 17.1. The highest BCUT2D eigenvalue weighted by molar-refractivity contribution is 7.99. The van der Waals surface area contributed by atoms with E-state index in [-0.39, 0.29) is 0 Å². The molecule has 0 bridgehead atoms. The molecule has 2 aromatic heterocycles. The largest absolute Gasteiger partial charge is 0.363 e. The van der Waals surface area contributed by atoms with Gasteiger partial charge in [-0.2, -0.15) is 0 Å². The summed E-state index contributed by atoms with van der Waals surface area (Å²) in [7, 11) is 0. The fourth-order valence-electron chi connectivity index (χ4n) is 3.28. The van der Waals surface area contributed by atoms with Gasteiger partial charge in [0.15, 0.2) is 0 Å². The highest BCUT2D eigenvalue weighted by Gasteiger charge is 2.11. The second-order valence-electron chi connectivity index (χ2n) is 7.05. The summed E-state index contributed by atoms with van der Waals surface area (Å²) in [6, 6.07) is 2.11. The molecule has 1 fully saturated rings. The molecule has 2 N–H and O–H groups in total. The van der Waals surface area contributed by atoms with E-state index in [1.54, 1.807) is 0 Å². The molecule has 0 aliphatic carbocycles. The molecule has 0 unspecified atom stereocenters. The van der Waals surface area contributed by atoms with E-state index in [0.717, 1.165) is 30.2 Å². The van der Waals surface area contributed by atoms with E-state index in [0.29, 0.717) is 23.2 Å². The van der Waals surface area contributed by atoms with E-state index in [4.69, 9.17) is 11.6 Å². The summed E-state index contributed by atoms with van der Waals surface area (Å²) in [6.45, 7) is 12.2. The van der Waals surface area contributed by atoms with Gasteiger partial charge >= 0.3 is 0 Å². The fraction of sp³-hybridized carbons (Fsp3) is 0.550. The Bertz CT molecular complexity index is 795. The standard InChI is InChI=1S/C20H29ClN6S/c1-14-17(13-24-20-19(21)15(2)25-16(3)26-20)23-6-5-18(14)28-12-4-9-27-10-7-22-8-11-27/h5-6,22H,4,7-13H2,1-3H3,(H,24,25,26). The SMILES string of the molecule is Cc1nc(C)c(Cl)c(NCc2nccc(SCCCN3CCNCC3)c2C)n1. The molecule has 3 rings (SSSR count). The van der Waals surface area contributed by atoms with Crippen molar-refractivity contribution < 1.29 is 0 Å². The molecule has 8 heteroatoms. The maximum absolute atomic E-state index is 6.33. The summed E-state index contributed by atoms with van der Waals surface area (Å²) in [5, 5.41) is 7.29. The van der Waals surface area contributed by atoms with Gasteiger partial charge in [0.1, 0.15) is 16.7 Å². The molecule has 0 spiro atoms. The maximum Gasteiger partial charge on any atom is 0.149 e. The maximum atomic E-state index is 6.33. The van der Waals surface area contributed by atoms with Gasteiger partial charge in [0, 0.05) is 37.3 Å². The Morgan fingerprint density at radius 2 is 2.00 bits per heavy atom. The van der Waals surface area contributed by atoms with Crippen LogP contribution in [0.15, 0.2) is 17.2 Å². The number of aromatic nitrogens is 3. The van der Waals surface area contributed by atoms with Crippen LogP contribution in [-0.2, 0) is 6.54 Å². The molecule has 152 valence electrons. The Hall–Kier alpha value is -1.41. The number of hydrogen-bond donors (Lipinski definition) is 2. The third-order valence-corrected chi connectivity index (χ3v) is 6.60. The van der Waals surface area contributed by atoms with Crippen molar-refractivity contribution in [3.05, 3.63) is 40.1 Å². The zero-order valence-electron chi connectivity index (χ0n) is 16.9. The first-order chi connectivity index (χ1) is 13.5. The normalized spacial score (nSPS) is 15.0. The number of nitrogens with one attached hydrogen (secondary N) is 2. The van der Waals surface area contributed by atoms with E-state index in [1.165, 1.54) is 36.5 Å². The molecule has 1 aliphatic heterocycles. The van der Waals surface area contributed by atoms with Gasteiger partial charge in [-0.25, -0.2) is 9.97 Å². The number of anilines is 1. The van der Waals surface area contributed by atoms with Crippen LogP contribution in [0.5, 0.6) is 0 Å². The molecule has 0 amide bonds. The number of aryl methyl sites for hydroxylation is 2. The number of nitrogens with zero attached hydrogens (tertiary/aromatic N) is 4. The molecular formula is C20H29ClN6S. The number of hydrogen-bond acceptors (Lipinski definition) is 7. The molecule has 6 nitrogen and oxygen atoms in total. The number of rotatable bonds is 8. The Morgan fingerprint density at radius 1 is 1.21 bits per heavy atom. The van der Waals surface area contributed by atoms with E-state index in [9.17, 15) is 0 Å². The Balaban J connectivity index is 1.54. The number of piperazine rings is 1. The minimum absolute atomic E-state index is 0.571. The predicted molar refractivity (Wildman–Crippen MR) is 117 cm³/mol. The molecule has 2 aromatic rings. The average molecular weight is 421 g/mol. The van der Waals surface area contributed by atoms with Crippen LogP contribution in [-0.4, -0.2) is 58.3 Å². The number of pyridine rings is 1. The third-order valence-electron chi connectivity index (χ3n) is 4.90. The number of halogens is 1. The molecule has 1 aliphatic rings. The van der Waals surface area contributed by atoms with Crippen molar-refractivity contribution in [2.24, 2.45) is 0 Å². The van der Waals surface area contributed by atoms with Crippen molar-refractivity contribution in [1.29, 1.82) is 0 Å². The lowest BCUT2D eigenvalue weighted by Crippen LogP contribution is -2.43. The lowest BCUT2D eigenvalue weighted by molar-refractivity contribution is 0.242. The van der Waals surface area contributed by atoms with Crippen molar-refractivity contribution in [3.63, 3.8) is 0 Å². The monoisotopic (exact) mass is 420 g/mol. The molecule has 1 saturated heterocycles. The van der Waals surface area contributed by atoms with E-state index < -0.39 is 0 Å². The van der Waals surface area contributed by atoms with Crippen LogP contribution < -0.4 is 10.6 Å². The van der Waals surface area contributed by atoms with Crippen molar-refractivity contribution >= 4 is 29.2 Å². The van der Waals surface area contributed by atoms with Gasteiger partial charge in [-0.3, -0.25) is 4.98 Å². The van der Waals surface area contributed by atoms with Crippen molar-refractivity contribution in [1.82, 2.24) is 25.2 Å². The molecule has 28 heavy (non-hydrogen) atoms. The Kier molecular flexibility index (Phi) is 7.91. The Morgan fingerprint density at radius 3 is 2.79 bits per heavy atom. The zero-order chi connectivity index (χ0) is 19.9. The molecule has 3 heterocycles. The first kappa shape index (κ1) is 21.3. The molecule has 0 aromatic carbocycles. The Labute approximate surface area is 176 Å². The van der Waals surface area contributed by atoms with Crippen LogP contribution in [0.25, 0.3) is 0 Å². The van der Waals surface area contributed by atoms with Crippen LogP contribution >= 0.6 is 23.4 Å². The highest BCUT2D eigenvalue weighted by atomic mass is 35.5. The quantitative estimate of drug-likeness (QED) is 0.500. The fourth-order valence-corrected chi connectivity index (χ4v) is 4.42. The number of thioether (sulfide) groups is 1. The van der Waals surface area contributed by atoms with Gasteiger partial charge in [-0.1, -0.05) is 11.6 Å². The van der Waals surface area contributed by atoms with Crippen molar-refractivity contribution in [3.8, 4) is 0 Å². The van der Waals surface area contributed by atoms with Gasteiger partial charge in [0.2, 0.25) is 0 Å². The van der Waals surface area contributed by atoms with Crippen LogP contribution in [0.1, 0.15) is 29.2 Å². The van der Waals surface area contributed by atoms with Gasteiger partial charge in [0.05, 0.1) is 17.9 Å². The summed E-state index contributed by atoms with van der Waals surface area (Å²) < 4.78 is 0. The summed E-state index contributed by atoms with van der Waals surface area (Å²) in [5.74, 6) is 2.50. The van der Waals surface area contributed by atoms with Crippen molar-refractivity contribution in [2.75, 3.05) is 43.8 Å². The van der Waals surface area contributed by atoms with Gasteiger partial charge in [-0.05, 0) is 51.1 Å². The lowest BCUT2D eigenvalue weighted by Gasteiger charge is -2.27. The first-order valence-electron chi connectivity index (χ1n) is 9.79. The smallest absolute Gasteiger partial charge is 0.149 e. The lowest BCUT2D eigenvalue weighted by atomic mass is 10.2. The first-order valence-corrected chi connectivity index (χ1v) is 11.2. The van der Waals surface area contributed by atoms with Gasteiger partial charge in [0.25, 0.3) is 0 Å². The van der Waals surface area contributed by atoms with Gasteiger partial charge in [-0.15, -0.1) is 11.8 Å². The third kappa shape index (κ3) is 5.80. The topological polar surface area (TPSA) is 66.0 Å². The van der Waals surface area contributed by atoms with Crippen LogP contribution in [0, 0.1) is 20.8 Å². The summed E-state index contributed by atoms with van der Waals surface area (Å²) in [5.41, 5.74) is 3.04. The summed E-state index contributed by atoms with van der Waals surface area (Å²) in [6.07, 6.45) is 3.09. The summed E-state index contributed by atoms with van der Waals surface area (Å²) >= 11 is 8.25. The van der Waals surface area contributed by atoms with E-state index in [1.807, 2.05) is 31.8 Å². The van der Waals surface area contributed by atoms with Crippen LogP contribution in [0.2, 0.25) is 5.02 Å². The highest BCUT2D eigenvalue weighted by Crippen LogP contribution is 2.26. The zero-order valence-corrected chi connectivity index (χ0v) is 18.5. The van der Waals surface area contributed by atoms with Crippen LogP contribution in [0.3, 0.4) is 0 Å². The molecule has 0 saturated carbocycles. The van der Waals surface area contributed by atoms with E-state index in [2.05, 4.69) is 43.5 Å². The molecular weight excluding hydrogens is 392 g/mol. The minimum atomic E-state index is 0.571. The predicted octanol–water partition coefficient (Wildman–Crippen LogP) is 3.45. The second-order valence-corrected chi connectivity index (χ2v) is 8.56. The van der Waals surface area contributed by atoms with Gasteiger partial charge < -0.3 is 15.5 Å².